The number of nitrogens with zero attached hydrogens (tertiary/aromatic N) is 4. The molecule has 72 valence electrons. The number of benzene rings is 1. The lowest BCUT2D eigenvalue weighted by Gasteiger charge is -2.06. The normalized spacial score (nSPS) is 10.1. The van der Waals surface area contributed by atoms with E-state index in [4.69, 9.17) is 0 Å². The molecule has 0 spiro atoms. The topological polar surface area (TPSA) is 55.6 Å². The molecule has 1 heterocycles. The minimum atomic E-state index is 0.994. The lowest BCUT2D eigenvalue weighted by atomic mass is 10.2. The van der Waals surface area contributed by atoms with Crippen LogP contribution in [0.4, 0.5) is 5.69 Å². The Bertz CT molecular complexity index is 421. The average Bonchev–Trinajstić information content (AvgIpc) is 2.70. The van der Waals surface area contributed by atoms with Crippen molar-refractivity contribution in [2.45, 2.75) is 6.92 Å². The van der Waals surface area contributed by atoms with Crippen LogP contribution in [-0.2, 0) is 0 Å². The Labute approximate surface area is 81.8 Å². The second-order valence-electron chi connectivity index (χ2n) is 3.01. The van der Waals surface area contributed by atoms with Crippen LogP contribution in [0.1, 0.15) is 5.56 Å². The molecule has 0 saturated carbocycles. The SMILES string of the molecule is CNc1ccc(-n2cnnn2)c(C)c1. The summed E-state index contributed by atoms with van der Waals surface area (Å²) in [5.41, 5.74) is 3.21. The van der Waals surface area contributed by atoms with Gasteiger partial charge in [0.25, 0.3) is 0 Å². The van der Waals surface area contributed by atoms with Crippen LogP contribution < -0.4 is 5.32 Å². The predicted octanol–water partition coefficient (Wildman–Crippen LogP) is 1.01. The summed E-state index contributed by atoms with van der Waals surface area (Å²) in [6, 6.07) is 6.03. The van der Waals surface area contributed by atoms with E-state index in [0.29, 0.717) is 0 Å². The molecule has 0 fully saturated rings. The summed E-state index contributed by atoms with van der Waals surface area (Å²) >= 11 is 0. The van der Waals surface area contributed by atoms with Gasteiger partial charge in [-0.25, -0.2) is 4.68 Å². The Morgan fingerprint density at radius 3 is 2.79 bits per heavy atom. The maximum absolute atomic E-state index is 3.84. The van der Waals surface area contributed by atoms with Crippen molar-refractivity contribution >= 4 is 5.69 Å². The van der Waals surface area contributed by atoms with Crippen molar-refractivity contribution in [1.29, 1.82) is 0 Å². The highest BCUT2D eigenvalue weighted by Gasteiger charge is 2.02. The molecule has 0 aliphatic rings. The predicted molar refractivity (Wildman–Crippen MR) is 53.4 cm³/mol. The largest absolute Gasteiger partial charge is 0.388 e. The molecule has 0 atom stereocenters. The van der Waals surface area contributed by atoms with Crippen LogP contribution in [0.15, 0.2) is 24.5 Å². The molecule has 2 rings (SSSR count). The summed E-state index contributed by atoms with van der Waals surface area (Å²) in [6.45, 7) is 2.03. The van der Waals surface area contributed by atoms with E-state index in [1.54, 1.807) is 11.0 Å². The first kappa shape index (κ1) is 8.68. The second kappa shape index (κ2) is 3.45. The van der Waals surface area contributed by atoms with Crippen molar-refractivity contribution in [3.05, 3.63) is 30.1 Å². The van der Waals surface area contributed by atoms with Gasteiger partial charge in [0.1, 0.15) is 6.33 Å². The zero-order valence-electron chi connectivity index (χ0n) is 8.10. The Morgan fingerprint density at radius 1 is 1.36 bits per heavy atom. The molecule has 1 N–H and O–H groups in total. The standard InChI is InChI=1S/C9H11N5/c1-7-5-8(10-2)3-4-9(7)14-6-11-12-13-14/h3-6,10H,1-2H3. The lowest BCUT2D eigenvalue weighted by Crippen LogP contribution is -1.99. The maximum Gasteiger partial charge on any atom is 0.143 e. The van der Waals surface area contributed by atoms with Crippen molar-refractivity contribution < 1.29 is 0 Å². The minimum Gasteiger partial charge on any atom is -0.388 e. The number of hydrogen-bond acceptors (Lipinski definition) is 4. The van der Waals surface area contributed by atoms with Crippen LogP contribution in [0.5, 0.6) is 0 Å². The number of nitrogens with one attached hydrogen (secondary N) is 1. The summed E-state index contributed by atoms with van der Waals surface area (Å²) in [4.78, 5) is 0. The number of hydrogen-bond donors (Lipinski definition) is 1. The first-order chi connectivity index (χ1) is 6.81. The van der Waals surface area contributed by atoms with Gasteiger partial charge in [0.05, 0.1) is 5.69 Å². The molecule has 1 aromatic carbocycles. The first-order valence-electron chi connectivity index (χ1n) is 4.33. The van der Waals surface area contributed by atoms with Crippen molar-refractivity contribution in [2.24, 2.45) is 0 Å². The van der Waals surface area contributed by atoms with Crippen molar-refractivity contribution in [3.8, 4) is 5.69 Å². The van der Waals surface area contributed by atoms with E-state index >= 15 is 0 Å². The van der Waals surface area contributed by atoms with E-state index in [1.807, 2.05) is 26.1 Å². The van der Waals surface area contributed by atoms with Crippen LogP contribution in [0, 0.1) is 6.92 Å². The van der Waals surface area contributed by atoms with E-state index < -0.39 is 0 Å². The number of aromatic nitrogens is 4. The van der Waals surface area contributed by atoms with Gasteiger partial charge in [-0.2, -0.15) is 0 Å². The third kappa shape index (κ3) is 1.44. The highest BCUT2D eigenvalue weighted by atomic mass is 15.5. The molecule has 1 aromatic heterocycles. The van der Waals surface area contributed by atoms with Crippen molar-refractivity contribution in [3.63, 3.8) is 0 Å². The number of anilines is 1. The fraction of sp³-hybridized carbons (Fsp3) is 0.222. The molecule has 0 aliphatic carbocycles. The first-order valence-corrected chi connectivity index (χ1v) is 4.33. The third-order valence-corrected chi connectivity index (χ3v) is 2.08. The highest BCUT2D eigenvalue weighted by molar-refractivity contribution is 5.52. The summed E-state index contributed by atoms with van der Waals surface area (Å²) in [6.07, 6.45) is 1.58. The molecule has 0 saturated heterocycles. The molecule has 0 unspecified atom stereocenters. The Kier molecular flexibility index (Phi) is 2.14. The minimum absolute atomic E-state index is 0.994. The highest BCUT2D eigenvalue weighted by Crippen LogP contribution is 2.16. The van der Waals surface area contributed by atoms with Crippen LogP contribution >= 0.6 is 0 Å². The Morgan fingerprint density at radius 2 is 2.21 bits per heavy atom. The average molecular weight is 189 g/mol. The van der Waals surface area contributed by atoms with Gasteiger partial charge < -0.3 is 5.32 Å². The van der Waals surface area contributed by atoms with Gasteiger partial charge >= 0.3 is 0 Å². The lowest BCUT2D eigenvalue weighted by molar-refractivity contribution is 0.785. The van der Waals surface area contributed by atoms with Gasteiger partial charge in [0.2, 0.25) is 0 Å². The molecule has 0 bridgehead atoms. The quantitative estimate of drug-likeness (QED) is 0.766. The molecule has 0 radical (unpaired) electrons. The van der Waals surface area contributed by atoms with Crippen LogP contribution in [0.3, 0.4) is 0 Å². The zero-order chi connectivity index (χ0) is 9.97. The van der Waals surface area contributed by atoms with Crippen LogP contribution in [-0.4, -0.2) is 27.3 Å². The third-order valence-electron chi connectivity index (χ3n) is 2.08. The Balaban J connectivity index is 2.46. The number of rotatable bonds is 2. The van der Waals surface area contributed by atoms with Gasteiger partial charge in [-0.15, -0.1) is 5.10 Å². The molecule has 14 heavy (non-hydrogen) atoms. The van der Waals surface area contributed by atoms with Crippen LogP contribution in [0.2, 0.25) is 0 Å². The van der Waals surface area contributed by atoms with Crippen molar-refractivity contribution in [2.75, 3.05) is 12.4 Å². The van der Waals surface area contributed by atoms with Gasteiger partial charge in [0, 0.05) is 12.7 Å². The van der Waals surface area contributed by atoms with Gasteiger partial charge in [0.15, 0.2) is 0 Å². The zero-order valence-corrected chi connectivity index (χ0v) is 8.10. The summed E-state index contributed by atoms with van der Waals surface area (Å²) in [5.74, 6) is 0. The molecule has 0 amide bonds. The molecule has 5 heteroatoms. The molecule has 5 nitrogen and oxygen atoms in total. The van der Waals surface area contributed by atoms with Crippen molar-refractivity contribution in [1.82, 2.24) is 20.2 Å². The van der Waals surface area contributed by atoms with Crippen LogP contribution in [0.25, 0.3) is 5.69 Å². The Hall–Kier alpha value is -1.91. The second-order valence-corrected chi connectivity index (χ2v) is 3.01. The summed E-state index contributed by atoms with van der Waals surface area (Å²) in [7, 11) is 1.89. The van der Waals surface area contributed by atoms with E-state index in [1.165, 1.54) is 0 Å². The van der Waals surface area contributed by atoms with E-state index in [9.17, 15) is 0 Å². The van der Waals surface area contributed by atoms with E-state index in [0.717, 1.165) is 16.9 Å². The smallest absolute Gasteiger partial charge is 0.143 e. The maximum atomic E-state index is 3.84. The summed E-state index contributed by atoms with van der Waals surface area (Å²) < 4.78 is 1.65. The number of aryl methyl sites for hydroxylation is 1. The fourth-order valence-corrected chi connectivity index (χ4v) is 1.34. The molecular formula is C9H11N5. The molecule has 0 aliphatic heterocycles. The van der Waals surface area contributed by atoms with Gasteiger partial charge in [-0.1, -0.05) is 0 Å². The van der Waals surface area contributed by atoms with E-state index in [-0.39, 0.29) is 0 Å². The van der Waals surface area contributed by atoms with Gasteiger partial charge in [-0.05, 0) is 41.1 Å². The molecule has 2 aromatic rings. The molecular weight excluding hydrogens is 178 g/mol. The van der Waals surface area contributed by atoms with Gasteiger partial charge in [-0.3, -0.25) is 0 Å². The number of tetrazole rings is 1. The fourth-order valence-electron chi connectivity index (χ4n) is 1.34. The monoisotopic (exact) mass is 189 g/mol. The summed E-state index contributed by atoms with van der Waals surface area (Å²) in [5, 5.41) is 14.1. The van der Waals surface area contributed by atoms with E-state index in [2.05, 4.69) is 26.9 Å².